The second-order valence-corrected chi connectivity index (χ2v) is 5.16. The number of halogens is 4. The van der Waals surface area contributed by atoms with Crippen LogP contribution in [0.15, 0.2) is 47.4 Å². The number of alkyl halides is 3. The molecule has 0 aliphatic rings. The van der Waals surface area contributed by atoms with Crippen LogP contribution in [0.3, 0.4) is 0 Å². The molecule has 0 saturated carbocycles. The highest BCUT2D eigenvalue weighted by Crippen LogP contribution is 2.29. The first kappa shape index (κ1) is 17.7. The molecule has 0 aliphatic carbocycles. The molecule has 0 unspecified atom stereocenters. The van der Waals surface area contributed by atoms with Crippen molar-refractivity contribution >= 4 is 23.4 Å². The van der Waals surface area contributed by atoms with Crippen LogP contribution in [0.4, 0.5) is 13.2 Å². The van der Waals surface area contributed by atoms with Crippen molar-refractivity contribution in [2.45, 2.75) is 12.7 Å². The normalized spacial score (nSPS) is 11.2. The van der Waals surface area contributed by atoms with Crippen LogP contribution in [0.2, 0.25) is 5.02 Å². The van der Waals surface area contributed by atoms with Crippen LogP contribution < -0.4 is 10.9 Å². The van der Waals surface area contributed by atoms with Gasteiger partial charge in [-0.1, -0.05) is 29.8 Å². The van der Waals surface area contributed by atoms with E-state index >= 15 is 0 Å². The van der Waals surface area contributed by atoms with Crippen molar-refractivity contribution < 1.29 is 22.8 Å². The van der Waals surface area contributed by atoms with E-state index < -0.39 is 40.7 Å². The lowest BCUT2D eigenvalue weighted by Gasteiger charge is -2.11. The summed E-state index contributed by atoms with van der Waals surface area (Å²) in [7, 11) is 0. The molecule has 0 fully saturated rings. The van der Waals surface area contributed by atoms with Gasteiger partial charge in [-0.3, -0.25) is 19.7 Å². The number of carbonyl (C=O) groups excluding carboxylic acids is 2. The van der Waals surface area contributed by atoms with Crippen molar-refractivity contribution in [3.8, 4) is 0 Å². The van der Waals surface area contributed by atoms with Gasteiger partial charge in [0.05, 0.1) is 5.56 Å². The molecular formula is C15H10ClF3N2O3. The average molecular weight is 359 g/mol. The summed E-state index contributed by atoms with van der Waals surface area (Å²) in [6.45, 7) is -0.777. The predicted molar refractivity (Wildman–Crippen MR) is 79.6 cm³/mol. The molecular weight excluding hydrogens is 349 g/mol. The largest absolute Gasteiger partial charge is 0.417 e. The Morgan fingerprint density at radius 3 is 2.38 bits per heavy atom. The molecule has 0 spiro atoms. The van der Waals surface area contributed by atoms with Gasteiger partial charge >= 0.3 is 6.18 Å². The summed E-state index contributed by atoms with van der Waals surface area (Å²) in [5.41, 5.74) is -1.94. The lowest BCUT2D eigenvalue weighted by atomic mass is 10.2. The van der Waals surface area contributed by atoms with Gasteiger partial charge in [0.15, 0.2) is 0 Å². The van der Waals surface area contributed by atoms with Crippen LogP contribution in [0.1, 0.15) is 15.9 Å². The number of imide groups is 1. The summed E-state index contributed by atoms with van der Waals surface area (Å²) in [6.07, 6.45) is -4.25. The van der Waals surface area contributed by atoms with Gasteiger partial charge in [0.25, 0.3) is 11.5 Å². The van der Waals surface area contributed by atoms with Gasteiger partial charge < -0.3 is 4.57 Å². The van der Waals surface area contributed by atoms with Crippen LogP contribution in [0, 0.1) is 0 Å². The van der Waals surface area contributed by atoms with E-state index in [1.165, 1.54) is 12.1 Å². The van der Waals surface area contributed by atoms with Gasteiger partial charge in [-0.05, 0) is 18.2 Å². The molecule has 1 aromatic heterocycles. The summed E-state index contributed by atoms with van der Waals surface area (Å²) in [5.74, 6) is -1.67. The Labute approximate surface area is 138 Å². The van der Waals surface area contributed by atoms with Crippen molar-refractivity contribution in [3.63, 3.8) is 0 Å². The number of hydrogen-bond acceptors (Lipinski definition) is 3. The average Bonchev–Trinajstić information content (AvgIpc) is 2.51. The third-order valence-electron chi connectivity index (χ3n) is 2.97. The molecule has 9 heteroatoms. The fourth-order valence-corrected chi connectivity index (χ4v) is 2.08. The van der Waals surface area contributed by atoms with E-state index in [1.54, 1.807) is 18.2 Å². The van der Waals surface area contributed by atoms with Gasteiger partial charge in [-0.2, -0.15) is 13.2 Å². The SMILES string of the molecule is O=C(Cn1cc(C(F)(F)F)cc(Cl)c1=O)NC(=O)c1ccccc1. The second kappa shape index (κ2) is 6.88. The quantitative estimate of drug-likeness (QED) is 0.916. The highest BCUT2D eigenvalue weighted by atomic mass is 35.5. The molecule has 0 saturated heterocycles. The van der Waals surface area contributed by atoms with E-state index in [-0.39, 0.29) is 5.56 Å². The number of amides is 2. The van der Waals surface area contributed by atoms with E-state index in [0.29, 0.717) is 16.8 Å². The number of pyridine rings is 1. The summed E-state index contributed by atoms with van der Waals surface area (Å²) < 4.78 is 38.7. The Hall–Kier alpha value is -2.61. The number of benzene rings is 1. The third kappa shape index (κ3) is 4.23. The van der Waals surface area contributed by atoms with Gasteiger partial charge in [-0.15, -0.1) is 0 Å². The first-order valence-corrected chi connectivity index (χ1v) is 6.92. The standard InChI is InChI=1S/C15H10ClF3N2O3/c16-11-6-10(15(17,18)19)7-21(14(11)24)8-12(22)20-13(23)9-4-2-1-3-5-9/h1-7H,8H2,(H,20,22,23). The molecule has 2 aromatic rings. The topological polar surface area (TPSA) is 68.2 Å². The predicted octanol–water partition coefficient (Wildman–Crippen LogP) is 2.48. The molecule has 1 heterocycles. The molecule has 1 aromatic carbocycles. The molecule has 0 atom stereocenters. The Balaban J connectivity index is 2.19. The highest BCUT2D eigenvalue weighted by Gasteiger charge is 2.32. The minimum atomic E-state index is -4.73. The Morgan fingerprint density at radius 1 is 1.17 bits per heavy atom. The smallest absolute Gasteiger partial charge is 0.304 e. The number of rotatable bonds is 3. The fourth-order valence-electron chi connectivity index (χ4n) is 1.85. The zero-order valence-corrected chi connectivity index (χ0v) is 12.7. The summed E-state index contributed by atoms with van der Waals surface area (Å²) in [6, 6.07) is 8.22. The molecule has 0 radical (unpaired) electrons. The molecule has 1 N–H and O–H groups in total. The Morgan fingerprint density at radius 2 is 1.79 bits per heavy atom. The van der Waals surface area contributed by atoms with Crippen LogP contribution in [0.5, 0.6) is 0 Å². The maximum absolute atomic E-state index is 12.7. The summed E-state index contributed by atoms with van der Waals surface area (Å²) >= 11 is 5.48. The third-order valence-corrected chi connectivity index (χ3v) is 3.24. The minimum absolute atomic E-state index is 0.195. The van der Waals surface area contributed by atoms with E-state index in [4.69, 9.17) is 11.6 Å². The molecule has 2 amide bonds. The molecule has 5 nitrogen and oxygen atoms in total. The van der Waals surface area contributed by atoms with E-state index in [2.05, 4.69) is 0 Å². The lowest BCUT2D eigenvalue weighted by Crippen LogP contribution is -2.36. The number of nitrogens with one attached hydrogen (secondary N) is 1. The molecule has 2 rings (SSSR count). The fraction of sp³-hybridized carbons (Fsp3) is 0.133. The first-order chi connectivity index (χ1) is 11.2. The van der Waals surface area contributed by atoms with E-state index in [0.717, 1.165) is 0 Å². The second-order valence-electron chi connectivity index (χ2n) is 4.75. The van der Waals surface area contributed by atoms with Crippen molar-refractivity contribution in [1.82, 2.24) is 9.88 Å². The summed E-state index contributed by atoms with van der Waals surface area (Å²) in [5, 5.41) is 1.31. The molecule has 126 valence electrons. The first-order valence-electron chi connectivity index (χ1n) is 6.55. The highest BCUT2D eigenvalue weighted by molar-refractivity contribution is 6.30. The number of hydrogen-bond donors (Lipinski definition) is 1. The van der Waals surface area contributed by atoms with Crippen LogP contribution in [-0.2, 0) is 17.5 Å². The Kier molecular flexibility index (Phi) is 5.08. The minimum Gasteiger partial charge on any atom is -0.304 e. The monoisotopic (exact) mass is 358 g/mol. The van der Waals surface area contributed by atoms with Gasteiger partial charge in [0, 0.05) is 11.8 Å². The van der Waals surface area contributed by atoms with Gasteiger partial charge in [0.1, 0.15) is 11.6 Å². The van der Waals surface area contributed by atoms with Gasteiger partial charge in [-0.25, -0.2) is 0 Å². The lowest BCUT2D eigenvalue weighted by molar-refractivity contribution is -0.138. The molecule has 0 bridgehead atoms. The number of nitrogens with zero attached hydrogens (tertiary/aromatic N) is 1. The van der Waals surface area contributed by atoms with Crippen molar-refractivity contribution in [2.75, 3.05) is 0 Å². The number of carbonyl (C=O) groups is 2. The molecule has 24 heavy (non-hydrogen) atoms. The summed E-state index contributed by atoms with van der Waals surface area (Å²) in [4.78, 5) is 35.3. The van der Waals surface area contributed by atoms with Gasteiger partial charge in [0.2, 0.25) is 5.91 Å². The van der Waals surface area contributed by atoms with E-state index in [1.807, 2.05) is 5.32 Å². The van der Waals surface area contributed by atoms with Crippen LogP contribution >= 0.6 is 11.6 Å². The maximum Gasteiger partial charge on any atom is 0.417 e. The van der Waals surface area contributed by atoms with Crippen molar-refractivity contribution in [2.24, 2.45) is 0 Å². The molecule has 0 aliphatic heterocycles. The zero-order chi connectivity index (χ0) is 17.9. The number of aromatic nitrogens is 1. The maximum atomic E-state index is 12.7. The van der Waals surface area contributed by atoms with Crippen molar-refractivity contribution in [1.29, 1.82) is 0 Å². The zero-order valence-electron chi connectivity index (χ0n) is 11.9. The van der Waals surface area contributed by atoms with E-state index in [9.17, 15) is 27.6 Å². The van der Waals surface area contributed by atoms with Crippen LogP contribution in [-0.4, -0.2) is 16.4 Å². The Bertz CT molecular complexity index is 832. The van der Waals surface area contributed by atoms with Crippen LogP contribution in [0.25, 0.3) is 0 Å². The van der Waals surface area contributed by atoms with Crippen molar-refractivity contribution in [3.05, 3.63) is 69.1 Å².